The van der Waals surface area contributed by atoms with Crippen LogP contribution in [0.1, 0.15) is 11.1 Å². The highest BCUT2D eigenvalue weighted by Crippen LogP contribution is 2.10. The number of benzene rings is 2. The van der Waals surface area contributed by atoms with Crippen molar-refractivity contribution in [1.29, 1.82) is 0 Å². The molecular weight excluding hydrogens is 240 g/mol. The van der Waals surface area contributed by atoms with Crippen LogP contribution in [-0.2, 0) is 19.9 Å². The molecule has 0 heterocycles. The fourth-order valence-electron chi connectivity index (χ4n) is 1.62. The Kier molecular flexibility index (Phi) is 3.96. The van der Waals surface area contributed by atoms with Gasteiger partial charge in [-0.3, -0.25) is 0 Å². The molecule has 1 nitrogen and oxygen atoms in total. The van der Waals surface area contributed by atoms with Crippen molar-refractivity contribution in [3.63, 3.8) is 0 Å². The first-order valence-electron chi connectivity index (χ1n) is 5.74. The largest absolute Gasteiger partial charge is 0.162 e. The normalized spacial score (nSPS) is 13.2. The summed E-state index contributed by atoms with van der Waals surface area (Å²) < 4.78 is 12.4. The zero-order valence-corrected chi connectivity index (χ0v) is 11.1. The van der Waals surface area contributed by atoms with E-state index < -0.39 is 9.93 Å². The molecule has 0 fully saturated rings. The Morgan fingerprint density at radius 1 is 0.944 bits per heavy atom. The third-order valence-electron chi connectivity index (χ3n) is 2.47. The molecule has 0 spiro atoms. The Balaban J connectivity index is 2.14. The van der Waals surface area contributed by atoms with Crippen LogP contribution < -0.4 is 0 Å². The van der Waals surface area contributed by atoms with Crippen LogP contribution in [-0.4, -0.2) is 6.26 Å². The predicted octanol–water partition coefficient (Wildman–Crippen LogP) is 3.33. The van der Waals surface area contributed by atoms with Gasteiger partial charge < -0.3 is 0 Å². The maximum absolute atomic E-state index is 12.4. The molecule has 0 bridgehead atoms. The lowest BCUT2D eigenvalue weighted by Gasteiger charge is -1.98. The highest BCUT2D eigenvalue weighted by atomic mass is 32.2. The van der Waals surface area contributed by atoms with Gasteiger partial charge in [0.15, 0.2) is 15.2 Å². The van der Waals surface area contributed by atoms with Crippen molar-refractivity contribution < 1.29 is 4.21 Å². The first-order chi connectivity index (χ1) is 8.66. The van der Waals surface area contributed by atoms with Gasteiger partial charge in [-0.05, 0) is 18.1 Å². The standard InChI is InChI=1S/C16H15OS/c1-18(17,14-16-10-6-3-7-11-16)13-12-15-8-4-2-5-9-15/h2-11H,14H2,1H3/q+1. The molecule has 2 aromatic carbocycles. The Labute approximate surface area is 109 Å². The van der Waals surface area contributed by atoms with E-state index in [-0.39, 0.29) is 0 Å². The van der Waals surface area contributed by atoms with E-state index >= 15 is 0 Å². The third kappa shape index (κ3) is 3.87. The van der Waals surface area contributed by atoms with Gasteiger partial charge in [-0.25, -0.2) is 0 Å². The molecule has 0 aliphatic rings. The van der Waals surface area contributed by atoms with Gasteiger partial charge in [-0.15, -0.1) is 0 Å². The fraction of sp³-hybridized carbons (Fsp3) is 0.125. The average Bonchev–Trinajstić information content (AvgIpc) is 2.38. The maximum Gasteiger partial charge on any atom is 0.162 e. The molecule has 0 radical (unpaired) electrons. The smallest absolute Gasteiger partial charge is 0.0901 e. The van der Waals surface area contributed by atoms with Crippen LogP contribution >= 0.6 is 0 Å². The SMILES string of the molecule is C[S+](=O)(C#Cc1ccccc1)Cc1ccccc1. The van der Waals surface area contributed by atoms with Crippen LogP contribution in [0.4, 0.5) is 0 Å². The highest BCUT2D eigenvalue weighted by Gasteiger charge is 2.18. The van der Waals surface area contributed by atoms with Gasteiger partial charge in [0.25, 0.3) is 0 Å². The molecule has 18 heavy (non-hydrogen) atoms. The van der Waals surface area contributed by atoms with Crippen LogP contribution in [0.2, 0.25) is 0 Å². The number of hydrogen-bond donors (Lipinski definition) is 0. The summed E-state index contributed by atoms with van der Waals surface area (Å²) in [5.41, 5.74) is 1.97. The average molecular weight is 255 g/mol. The monoisotopic (exact) mass is 255 g/mol. The third-order valence-corrected chi connectivity index (χ3v) is 3.89. The topological polar surface area (TPSA) is 17.1 Å². The highest BCUT2D eigenvalue weighted by molar-refractivity contribution is 8.05. The summed E-state index contributed by atoms with van der Waals surface area (Å²) in [5, 5.41) is 2.90. The van der Waals surface area contributed by atoms with Crippen molar-refractivity contribution in [2.24, 2.45) is 0 Å². The molecular formula is C16H15OS+. The molecule has 0 saturated carbocycles. The Hall–Kier alpha value is -1.85. The quantitative estimate of drug-likeness (QED) is 0.594. The summed E-state index contributed by atoms with van der Waals surface area (Å²) in [4.78, 5) is 0. The fourth-order valence-corrected chi connectivity index (χ4v) is 2.85. The molecule has 0 aliphatic heterocycles. The molecule has 2 heteroatoms. The van der Waals surface area contributed by atoms with Crippen LogP contribution in [0.25, 0.3) is 0 Å². The molecule has 0 saturated heterocycles. The zero-order chi connectivity index (χ0) is 12.8. The second kappa shape index (κ2) is 5.66. The molecule has 2 aromatic rings. The zero-order valence-electron chi connectivity index (χ0n) is 10.3. The van der Waals surface area contributed by atoms with Gasteiger partial charge in [0, 0.05) is 11.1 Å². The first-order valence-corrected chi connectivity index (χ1v) is 7.88. The van der Waals surface area contributed by atoms with Crippen LogP contribution in [0.5, 0.6) is 0 Å². The second-order valence-corrected chi connectivity index (χ2v) is 6.73. The summed E-state index contributed by atoms with van der Waals surface area (Å²) in [6, 6.07) is 19.5. The van der Waals surface area contributed by atoms with E-state index in [1.807, 2.05) is 60.7 Å². The van der Waals surface area contributed by atoms with Crippen molar-refractivity contribution in [1.82, 2.24) is 0 Å². The molecule has 0 aromatic heterocycles. The Bertz CT molecular complexity index is 606. The molecule has 0 amide bonds. The minimum atomic E-state index is -2.14. The van der Waals surface area contributed by atoms with Gasteiger partial charge in [0.1, 0.15) is 12.0 Å². The minimum Gasteiger partial charge on any atom is -0.0901 e. The van der Waals surface area contributed by atoms with Crippen molar-refractivity contribution in [3.8, 4) is 11.2 Å². The molecule has 90 valence electrons. The number of hydrogen-bond acceptors (Lipinski definition) is 1. The molecule has 0 aliphatic carbocycles. The summed E-state index contributed by atoms with van der Waals surface area (Å²) in [5.74, 6) is 3.49. The van der Waals surface area contributed by atoms with Crippen molar-refractivity contribution in [3.05, 3.63) is 71.8 Å². The van der Waals surface area contributed by atoms with Crippen LogP contribution in [0.3, 0.4) is 0 Å². The first kappa shape index (κ1) is 12.6. The summed E-state index contributed by atoms with van der Waals surface area (Å²) in [7, 11) is -2.14. The van der Waals surface area contributed by atoms with Crippen LogP contribution in [0, 0.1) is 11.2 Å². The summed E-state index contributed by atoms with van der Waals surface area (Å²) >= 11 is 0. The van der Waals surface area contributed by atoms with Crippen LogP contribution in [0.15, 0.2) is 60.7 Å². The van der Waals surface area contributed by atoms with Crippen molar-refractivity contribution in [2.45, 2.75) is 5.75 Å². The lowest BCUT2D eigenvalue weighted by Crippen LogP contribution is -2.07. The Morgan fingerprint density at radius 2 is 1.50 bits per heavy atom. The molecule has 2 rings (SSSR count). The van der Waals surface area contributed by atoms with E-state index in [1.165, 1.54) is 0 Å². The maximum atomic E-state index is 12.4. The van der Waals surface area contributed by atoms with Crippen molar-refractivity contribution in [2.75, 3.05) is 6.26 Å². The van der Waals surface area contributed by atoms with E-state index in [1.54, 1.807) is 6.26 Å². The lowest BCUT2D eigenvalue weighted by molar-refractivity contribution is 0.593. The van der Waals surface area contributed by atoms with E-state index in [4.69, 9.17) is 0 Å². The van der Waals surface area contributed by atoms with E-state index in [2.05, 4.69) is 11.2 Å². The van der Waals surface area contributed by atoms with Gasteiger partial charge in [-0.1, -0.05) is 52.7 Å². The molecule has 1 unspecified atom stereocenters. The lowest BCUT2D eigenvalue weighted by atomic mass is 10.2. The summed E-state index contributed by atoms with van der Waals surface area (Å²) in [6.45, 7) is 0. The van der Waals surface area contributed by atoms with E-state index in [0.29, 0.717) is 5.75 Å². The number of rotatable bonds is 2. The second-order valence-electron chi connectivity index (χ2n) is 4.23. The molecule has 0 N–H and O–H groups in total. The van der Waals surface area contributed by atoms with Gasteiger partial charge >= 0.3 is 0 Å². The predicted molar refractivity (Wildman–Crippen MR) is 77.4 cm³/mol. The minimum absolute atomic E-state index is 0.508. The van der Waals surface area contributed by atoms with E-state index in [0.717, 1.165) is 11.1 Å². The van der Waals surface area contributed by atoms with E-state index in [9.17, 15) is 4.21 Å². The summed E-state index contributed by atoms with van der Waals surface area (Å²) in [6.07, 6.45) is 1.72. The molecule has 1 atom stereocenters. The van der Waals surface area contributed by atoms with Crippen molar-refractivity contribution >= 4 is 9.93 Å². The van der Waals surface area contributed by atoms with Gasteiger partial charge in [-0.2, -0.15) is 0 Å². The Morgan fingerprint density at radius 3 is 2.11 bits per heavy atom. The van der Waals surface area contributed by atoms with Gasteiger partial charge in [0.05, 0.1) is 0 Å². The van der Waals surface area contributed by atoms with Gasteiger partial charge in [0.2, 0.25) is 0 Å².